The molecule has 2 aliphatic rings. The van der Waals surface area contributed by atoms with Crippen LogP contribution in [0.4, 0.5) is 0 Å². The van der Waals surface area contributed by atoms with E-state index < -0.39 is 9.84 Å². The molecule has 0 unspecified atom stereocenters. The molecule has 2 saturated carbocycles. The maximum atomic E-state index is 11.9. The summed E-state index contributed by atoms with van der Waals surface area (Å²) in [5, 5.41) is 2.91. The Bertz CT molecular complexity index is 601. The Morgan fingerprint density at radius 3 is 2.74 bits per heavy atom. The smallest absolute Gasteiger partial charge is 0.223 e. The molecule has 1 amide bonds. The summed E-state index contributed by atoms with van der Waals surface area (Å²) in [6.07, 6.45) is 4.81. The van der Waals surface area contributed by atoms with Gasteiger partial charge >= 0.3 is 0 Å². The molecule has 0 bridgehead atoms. The van der Waals surface area contributed by atoms with Gasteiger partial charge in [0.1, 0.15) is 4.21 Å². The van der Waals surface area contributed by atoms with Gasteiger partial charge < -0.3 is 5.32 Å². The first-order chi connectivity index (χ1) is 8.95. The summed E-state index contributed by atoms with van der Waals surface area (Å²) >= 11 is 1.23. The van der Waals surface area contributed by atoms with Crippen molar-refractivity contribution < 1.29 is 13.2 Å². The molecule has 0 saturated heterocycles. The van der Waals surface area contributed by atoms with Crippen molar-refractivity contribution in [1.29, 1.82) is 0 Å². The van der Waals surface area contributed by atoms with E-state index in [4.69, 9.17) is 0 Å². The SMILES string of the molecule is CS(=O)(=O)c1ccc(CNC(=O)[C@H]2C[C@@H]2C2CC2)s1. The second kappa shape index (κ2) is 4.59. The molecule has 1 N–H and O–H groups in total. The standard InChI is InChI=1S/C13H17NO3S2/c1-19(16,17)12-5-4-9(18-12)7-14-13(15)11-6-10(11)8-2-3-8/h4-5,8,10-11H,2-3,6-7H2,1H3,(H,14,15)/t10-,11+/m1/s1. The summed E-state index contributed by atoms with van der Waals surface area (Å²) in [5.74, 6) is 1.76. The highest BCUT2D eigenvalue weighted by molar-refractivity contribution is 7.92. The monoisotopic (exact) mass is 299 g/mol. The third-order valence-electron chi connectivity index (χ3n) is 3.84. The molecule has 104 valence electrons. The van der Waals surface area contributed by atoms with Gasteiger partial charge in [0.15, 0.2) is 9.84 Å². The highest BCUT2D eigenvalue weighted by Gasteiger charge is 2.50. The van der Waals surface area contributed by atoms with Crippen molar-refractivity contribution in [2.24, 2.45) is 17.8 Å². The molecule has 0 aliphatic heterocycles. The van der Waals surface area contributed by atoms with Crippen LogP contribution >= 0.6 is 11.3 Å². The third-order valence-corrected chi connectivity index (χ3v) is 6.75. The lowest BCUT2D eigenvalue weighted by Gasteiger charge is -2.02. The largest absolute Gasteiger partial charge is 0.351 e. The van der Waals surface area contributed by atoms with Gasteiger partial charge in [-0.3, -0.25) is 4.79 Å². The topological polar surface area (TPSA) is 63.2 Å². The minimum absolute atomic E-state index is 0.131. The van der Waals surface area contributed by atoms with E-state index in [2.05, 4.69) is 5.32 Å². The van der Waals surface area contributed by atoms with E-state index in [0.29, 0.717) is 16.7 Å². The summed E-state index contributed by atoms with van der Waals surface area (Å²) in [5.41, 5.74) is 0. The molecule has 0 aromatic carbocycles. The van der Waals surface area contributed by atoms with Crippen LogP contribution in [-0.2, 0) is 21.2 Å². The Hall–Kier alpha value is -0.880. The molecule has 1 heterocycles. The van der Waals surface area contributed by atoms with E-state index in [-0.39, 0.29) is 11.8 Å². The number of thiophene rings is 1. The van der Waals surface area contributed by atoms with Gasteiger partial charge in [-0.05, 0) is 43.2 Å². The van der Waals surface area contributed by atoms with Crippen LogP contribution in [0.25, 0.3) is 0 Å². The van der Waals surface area contributed by atoms with Crippen molar-refractivity contribution in [2.45, 2.75) is 30.0 Å². The molecular formula is C13H17NO3S2. The van der Waals surface area contributed by atoms with E-state index in [1.807, 2.05) is 0 Å². The molecular weight excluding hydrogens is 282 g/mol. The van der Waals surface area contributed by atoms with E-state index in [0.717, 1.165) is 17.2 Å². The number of nitrogens with one attached hydrogen (secondary N) is 1. The van der Waals surface area contributed by atoms with E-state index in [9.17, 15) is 13.2 Å². The first-order valence-corrected chi connectivity index (χ1v) is 9.22. The Balaban J connectivity index is 1.52. The number of amides is 1. The predicted octanol–water partition coefficient (Wildman–Crippen LogP) is 1.81. The zero-order chi connectivity index (χ0) is 13.6. The van der Waals surface area contributed by atoms with Gasteiger partial charge in [0.25, 0.3) is 0 Å². The van der Waals surface area contributed by atoms with Crippen LogP contribution in [0, 0.1) is 17.8 Å². The lowest BCUT2D eigenvalue weighted by molar-refractivity contribution is -0.122. The Kier molecular flexibility index (Phi) is 3.17. The van der Waals surface area contributed by atoms with Crippen LogP contribution in [0.3, 0.4) is 0 Å². The number of rotatable bonds is 5. The fraction of sp³-hybridized carbons (Fsp3) is 0.615. The third kappa shape index (κ3) is 3.00. The molecule has 0 radical (unpaired) electrons. The van der Waals surface area contributed by atoms with Crippen LogP contribution in [0.5, 0.6) is 0 Å². The summed E-state index contributed by atoms with van der Waals surface area (Å²) in [6, 6.07) is 3.37. The van der Waals surface area contributed by atoms with Gasteiger partial charge in [-0.15, -0.1) is 11.3 Å². The number of sulfone groups is 1. The molecule has 2 fully saturated rings. The molecule has 2 aliphatic carbocycles. The van der Waals surface area contributed by atoms with Gasteiger partial charge in [-0.2, -0.15) is 0 Å². The first-order valence-electron chi connectivity index (χ1n) is 6.51. The highest BCUT2D eigenvalue weighted by atomic mass is 32.2. The van der Waals surface area contributed by atoms with Gasteiger partial charge in [-0.25, -0.2) is 8.42 Å². The highest BCUT2D eigenvalue weighted by Crippen LogP contribution is 2.54. The molecule has 1 aromatic heterocycles. The quantitative estimate of drug-likeness (QED) is 0.902. The lowest BCUT2D eigenvalue weighted by atomic mass is 10.2. The molecule has 19 heavy (non-hydrogen) atoms. The maximum Gasteiger partial charge on any atom is 0.223 e. The average molecular weight is 299 g/mol. The number of carbonyl (C=O) groups is 1. The Morgan fingerprint density at radius 2 is 2.16 bits per heavy atom. The normalized spacial score (nSPS) is 26.2. The van der Waals surface area contributed by atoms with Crippen LogP contribution in [0.1, 0.15) is 24.1 Å². The molecule has 1 aromatic rings. The molecule has 6 heteroatoms. The summed E-state index contributed by atoms with van der Waals surface area (Å²) in [7, 11) is -3.13. The van der Waals surface area contributed by atoms with Crippen LogP contribution < -0.4 is 5.32 Å². The van der Waals surface area contributed by atoms with Crippen molar-refractivity contribution in [1.82, 2.24) is 5.32 Å². The number of hydrogen-bond donors (Lipinski definition) is 1. The average Bonchev–Trinajstić information content (AvgIpc) is 3.20. The van der Waals surface area contributed by atoms with E-state index in [1.54, 1.807) is 12.1 Å². The van der Waals surface area contributed by atoms with E-state index >= 15 is 0 Å². The Labute approximate surface area is 117 Å². The maximum absolute atomic E-state index is 11.9. The molecule has 4 nitrogen and oxygen atoms in total. The summed E-state index contributed by atoms with van der Waals surface area (Å²) in [4.78, 5) is 12.8. The van der Waals surface area contributed by atoms with Crippen molar-refractivity contribution in [3.63, 3.8) is 0 Å². The lowest BCUT2D eigenvalue weighted by Crippen LogP contribution is -2.24. The molecule has 3 rings (SSSR count). The first kappa shape index (κ1) is 13.1. The number of carbonyl (C=O) groups excluding carboxylic acids is 1. The second-order valence-electron chi connectivity index (χ2n) is 5.55. The molecule has 2 atom stereocenters. The molecule has 0 spiro atoms. The summed E-state index contributed by atoms with van der Waals surface area (Å²) < 4.78 is 23.1. The van der Waals surface area contributed by atoms with Crippen LogP contribution in [-0.4, -0.2) is 20.6 Å². The van der Waals surface area contributed by atoms with Crippen molar-refractivity contribution >= 4 is 27.1 Å². The van der Waals surface area contributed by atoms with E-state index in [1.165, 1.54) is 30.4 Å². The zero-order valence-corrected chi connectivity index (χ0v) is 12.4. The predicted molar refractivity (Wildman–Crippen MR) is 73.6 cm³/mol. The minimum atomic E-state index is -3.13. The van der Waals surface area contributed by atoms with Crippen molar-refractivity contribution in [3.05, 3.63) is 17.0 Å². The van der Waals surface area contributed by atoms with Crippen molar-refractivity contribution in [2.75, 3.05) is 6.26 Å². The fourth-order valence-electron chi connectivity index (χ4n) is 2.52. The second-order valence-corrected chi connectivity index (χ2v) is 8.97. The fourth-order valence-corrected chi connectivity index (χ4v) is 4.44. The van der Waals surface area contributed by atoms with Crippen LogP contribution in [0.15, 0.2) is 16.3 Å². The van der Waals surface area contributed by atoms with Crippen molar-refractivity contribution in [3.8, 4) is 0 Å². The minimum Gasteiger partial charge on any atom is -0.351 e. The van der Waals surface area contributed by atoms with Gasteiger partial charge in [0, 0.05) is 17.1 Å². The van der Waals surface area contributed by atoms with Gasteiger partial charge in [-0.1, -0.05) is 0 Å². The number of hydrogen-bond acceptors (Lipinski definition) is 4. The van der Waals surface area contributed by atoms with Gasteiger partial charge in [0.2, 0.25) is 5.91 Å². The van der Waals surface area contributed by atoms with Crippen LogP contribution in [0.2, 0.25) is 0 Å². The van der Waals surface area contributed by atoms with Gasteiger partial charge in [0.05, 0.1) is 6.54 Å². The Morgan fingerprint density at radius 1 is 1.42 bits per heavy atom. The summed E-state index contributed by atoms with van der Waals surface area (Å²) in [6.45, 7) is 0.437. The zero-order valence-electron chi connectivity index (χ0n) is 10.8.